The molecule has 1 aromatic carbocycles. The molecule has 152 valence electrons. The fourth-order valence-corrected chi connectivity index (χ4v) is 2.42. The van der Waals surface area contributed by atoms with E-state index in [9.17, 15) is 9.59 Å². The molecular weight excluding hydrogens is 370 g/mol. The summed E-state index contributed by atoms with van der Waals surface area (Å²) in [6, 6.07) is 5.03. The van der Waals surface area contributed by atoms with Gasteiger partial charge in [0.15, 0.2) is 5.69 Å². The molecule has 7 nitrogen and oxygen atoms in total. The Labute approximate surface area is 170 Å². The molecule has 0 saturated carbocycles. The molecule has 1 aromatic heterocycles. The predicted octanol–water partition coefficient (Wildman–Crippen LogP) is 4.85. The standard InChI is InChI=1S/C22H25N3O4/c1-21(2,3)28-19(26)24-12-8-9-15-14-25(20(27)29-22(4,5)6)18-13-16(23-7)10-11-17(15)18/h10-11,13-14H,12H2,1-6H3,(H,24,26). The number of amides is 1. The van der Waals surface area contributed by atoms with Crippen LogP contribution >= 0.6 is 0 Å². The molecule has 0 radical (unpaired) electrons. The number of nitrogens with one attached hydrogen (secondary N) is 1. The first-order valence-electron chi connectivity index (χ1n) is 9.11. The average molecular weight is 395 g/mol. The Hall–Kier alpha value is -3.45. The number of benzene rings is 1. The lowest BCUT2D eigenvalue weighted by molar-refractivity contribution is 0.0527. The normalized spacial score (nSPS) is 11.2. The van der Waals surface area contributed by atoms with Crippen molar-refractivity contribution in [1.29, 1.82) is 0 Å². The number of nitrogens with zero attached hydrogens (tertiary/aromatic N) is 2. The molecular formula is C22H25N3O4. The molecule has 2 rings (SSSR count). The highest BCUT2D eigenvalue weighted by molar-refractivity contribution is 5.95. The first-order valence-corrected chi connectivity index (χ1v) is 9.11. The highest BCUT2D eigenvalue weighted by Crippen LogP contribution is 2.26. The Bertz CT molecular complexity index is 1030. The minimum Gasteiger partial charge on any atom is -0.444 e. The average Bonchev–Trinajstić information content (AvgIpc) is 2.93. The summed E-state index contributed by atoms with van der Waals surface area (Å²) in [4.78, 5) is 27.7. The van der Waals surface area contributed by atoms with Crippen LogP contribution in [0.1, 0.15) is 47.1 Å². The largest absolute Gasteiger partial charge is 0.444 e. The maximum atomic E-state index is 12.6. The number of hydrogen-bond donors (Lipinski definition) is 1. The Balaban J connectivity index is 2.30. The van der Waals surface area contributed by atoms with Crippen molar-refractivity contribution in [3.63, 3.8) is 0 Å². The molecule has 0 aliphatic carbocycles. The first kappa shape index (κ1) is 21.8. The van der Waals surface area contributed by atoms with Gasteiger partial charge in [-0.25, -0.2) is 14.4 Å². The summed E-state index contributed by atoms with van der Waals surface area (Å²) in [5.41, 5.74) is 0.296. The van der Waals surface area contributed by atoms with Gasteiger partial charge in [-0.2, -0.15) is 0 Å². The highest BCUT2D eigenvalue weighted by atomic mass is 16.6. The van der Waals surface area contributed by atoms with Gasteiger partial charge in [-0.05, 0) is 47.6 Å². The fraction of sp³-hybridized carbons (Fsp3) is 0.409. The van der Waals surface area contributed by atoms with Crippen molar-refractivity contribution < 1.29 is 19.1 Å². The van der Waals surface area contributed by atoms with Gasteiger partial charge in [0.25, 0.3) is 0 Å². The van der Waals surface area contributed by atoms with E-state index in [1.54, 1.807) is 65.9 Å². The molecule has 2 aromatic rings. The molecule has 1 heterocycles. The van der Waals surface area contributed by atoms with E-state index in [1.807, 2.05) is 0 Å². The molecule has 0 aliphatic heterocycles. The molecule has 0 aliphatic rings. The van der Waals surface area contributed by atoms with Crippen LogP contribution in [0, 0.1) is 18.4 Å². The van der Waals surface area contributed by atoms with Crippen molar-refractivity contribution >= 4 is 28.8 Å². The van der Waals surface area contributed by atoms with Crippen molar-refractivity contribution in [1.82, 2.24) is 9.88 Å². The molecule has 1 amide bonds. The van der Waals surface area contributed by atoms with Crippen LogP contribution in [-0.4, -0.2) is 34.5 Å². The number of hydrogen-bond acceptors (Lipinski definition) is 4. The summed E-state index contributed by atoms with van der Waals surface area (Å²) in [6.45, 7) is 18.0. The van der Waals surface area contributed by atoms with Crippen molar-refractivity contribution in [2.75, 3.05) is 6.54 Å². The van der Waals surface area contributed by atoms with E-state index in [0.29, 0.717) is 22.2 Å². The van der Waals surface area contributed by atoms with Gasteiger partial charge in [0.1, 0.15) is 11.2 Å². The summed E-state index contributed by atoms with van der Waals surface area (Å²) in [5, 5.41) is 3.28. The summed E-state index contributed by atoms with van der Waals surface area (Å²) < 4.78 is 12.0. The van der Waals surface area contributed by atoms with Gasteiger partial charge in [0, 0.05) is 17.1 Å². The Kier molecular flexibility index (Phi) is 6.24. The zero-order valence-corrected chi connectivity index (χ0v) is 17.5. The Morgan fingerprint density at radius 2 is 1.79 bits per heavy atom. The third-order valence-corrected chi connectivity index (χ3v) is 3.45. The van der Waals surface area contributed by atoms with Crippen LogP contribution in [0.25, 0.3) is 15.7 Å². The minimum absolute atomic E-state index is 0.0914. The monoisotopic (exact) mass is 395 g/mol. The molecule has 7 heteroatoms. The van der Waals surface area contributed by atoms with Crippen LogP contribution in [0.2, 0.25) is 0 Å². The van der Waals surface area contributed by atoms with Crippen LogP contribution in [0.3, 0.4) is 0 Å². The second-order valence-corrected chi connectivity index (χ2v) is 8.36. The lowest BCUT2D eigenvalue weighted by Crippen LogP contribution is -2.32. The maximum Gasteiger partial charge on any atom is 0.418 e. The molecule has 0 unspecified atom stereocenters. The van der Waals surface area contributed by atoms with Crippen LogP contribution in [0.15, 0.2) is 24.4 Å². The molecule has 0 saturated heterocycles. The van der Waals surface area contributed by atoms with Crippen LogP contribution in [0.5, 0.6) is 0 Å². The van der Waals surface area contributed by atoms with E-state index in [2.05, 4.69) is 22.0 Å². The summed E-state index contributed by atoms with van der Waals surface area (Å²) >= 11 is 0. The SMILES string of the molecule is [C-]#[N+]c1ccc2c(C#CCNC(=O)OC(C)(C)C)cn(C(=O)OC(C)(C)C)c2c1. The van der Waals surface area contributed by atoms with Crippen LogP contribution < -0.4 is 5.32 Å². The van der Waals surface area contributed by atoms with E-state index in [-0.39, 0.29) is 6.54 Å². The highest BCUT2D eigenvalue weighted by Gasteiger charge is 2.20. The van der Waals surface area contributed by atoms with Gasteiger partial charge < -0.3 is 14.8 Å². The number of fused-ring (bicyclic) bond motifs is 1. The van der Waals surface area contributed by atoms with Gasteiger partial charge in [-0.1, -0.05) is 24.0 Å². The van der Waals surface area contributed by atoms with E-state index in [1.165, 1.54) is 4.57 Å². The number of carbonyl (C=O) groups excluding carboxylic acids is 2. The number of ether oxygens (including phenoxy) is 2. The topological polar surface area (TPSA) is 73.9 Å². The molecule has 0 bridgehead atoms. The zero-order valence-electron chi connectivity index (χ0n) is 17.5. The second-order valence-electron chi connectivity index (χ2n) is 8.36. The molecule has 1 N–H and O–H groups in total. The smallest absolute Gasteiger partial charge is 0.418 e. The molecule has 0 fully saturated rings. The number of carbonyl (C=O) groups is 2. The van der Waals surface area contributed by atoms with Crippen molar-refractivity contribution in [2.45, 2.75) is 52.7 Å². The van der Waals surface area contributed by atoms with Gasteiger partial charge in [-0.15, -0.1) is 0 Å². The zero-order chi connectivity index (χ0) is 21.8. The summed E-state index contributed by atoms with van der Waals surface area (Å²) in [6.07, 6.45) is 0.474. The molecule has 0 atom stereocenters. The van der Waals surface area contributed by atoms with E-state index >= 15 is 0 Å². The third kappa shape index (κ3) is 6.29. The number of alkyl carbamates (subject to hydrolysis) is 1. The van der Waals surface area contributed by atoms with Crippen molar-refractivity contribution in [3.8, 4) is 11.8 Å². The van der Waals surface area contributed by atoms with Gasteiger partial charge in [-0.3, -0.25) is 4.57 Å². The maximum absolute atomic E-state index is 12.6. The van der Waals surface area contributed by atoms with E-state index in [4.69, 9.17) is 16.0 Å². The van der Waals surface area contributed by atoms with Gasteiger partial charge in [0.2, 0.25) is 0 Å². The third-order valence-electron chi connectivity index (χ3n) is 3.45. The summed E-state index contributed by atoms with van der Waals surface area (Å²) in [5.74, 6) is 5.81. The first-order chi connectivity index (χ1) is 13.4. The van der Waals surface area contributed by atoms with E-state index in [0.717, 1.165) is 0 Å². The second kappa shape index (κ2) is 8.28. The lowest BCUT2D eigenvalue weighted by Gasteiger charge is -2.19. The van der Waals surface area contributed by atoms with Gasteiger partial charge >= 0.3 is 12.2 Å². The minimum atomic E-state index is -0.658. The fourth-order valence-electron chi connectivity index (χ4n) is 2.42. The van der Waals surface area contributed by atoms with Crippen molar-refractivity contribution in [2.24, 2.45) is 0 Å². The number of aromatic nitrogens is 1. The Morgan fingerprint density at radius 1 is 1.14 bits per heavy atom. The molecule has 0 spiro atoms. The Morgan fingerprint density at radius 3 is 2.38 bits per heavy atom. The molecule has 29 heavy (non-hydrogen) atoms. The summed E-state index contributed by atoms with van der Waals surface area (Å²) in [7, 11) is 0. The van der Waals surface area contributed by atoms with Crippen LogP contribution in [0.4, 0.5) is 15.3 Å². The van der Waals surface area contributed by atoms with E-state index < -0.39 is 23.4 Å². The van der Waals surface area contributed by atoms with Gasteiger partial charge in [0.05, 0.1) is 18.7 Å². The van der Waals surface area contributed by atoms with Crippen LogP contribution in [-0.2, 0) is 9.47 Å². The lowest BCUT2D eigenvalue weighted by atomic mass is 10.1. The van der Waals surface area contributed by atoms with Crippen molar-refractivity contribution in [3.05, 3.63) is 41.4 Å². The predicted molar refractivity (Wildman–Crippen MR) is 111 cm³/mol. The number of rotatable bonds is 1. The quantitative estimate of drug-likeness (QED) is 0.553.